The van der Waals surface area contributed by atoms with Gasteiger partial charge in [0, 0.05) is 0 Å². The Morgan fingerprint density at radius 3 is 2.30 bits per heavy atom. The number of ether oxygens (including phenoxy) is 1. The Hall–Kier alpha value is -3.33. The molecule has 1 aromatic heterocycles. The van der Waals surface area contributed by atoms with Crippen LogP contribution in [0.15, 0.2) is 42.5 Å². The van der Waals surface area contributed by atoms with Gasteiger partial charge in [0.05, 0.1) is 35.4 Å². The molecule has 2 bridgehead atoms. The molecule has 0 unspecified atom stereocenters. The van der Waals surface area contributed by atoms with Gasteiger partial charge >= 0.3 is 5.97 Å². The molecule has 0 radical (unpaired) electrons. The standard InChI is InChI=1S/C18H14N4O5/c1-9-15(20-22(19-9)10-5-3-2-4-6-10)18(25)27-21-16(23)13-11-7-8-12(26-11)14(13)17(21)24/h2-8,11-14H,1H3/t11-,12-,13+,14+/m1/s1. The van der Waals surface area contributed by atoms with E-state index in [2.05, 4.69) is 10.2 Å². The van der Waals surface area contributed by atoms with Gasteiger partial charge in [-0.1, -0.05) is 30.4 Å². The van der Waals surface area contributed by atoms with E-state index in [0.717, 1.165) is 0 Å². The number of benzene rings is 1. The van der Waals surface area contributed by atoms with Crippen LogP contribution in [0.5, 0.6) is 0 Å². The highest BCUT2D eigenvalue weighted by atomic mass is 16.7. The van der Waals surface area contributed by atoms with E-state index >= 15 is 0 Å². The largest absolute Gasteiger partial charge is 0.385 e. The van der Waals surface area contributed by atoms with Crippen molar-refractivity contribution in [1.29, 1.82) is 0 Å². The predicted molar refractivity (Wildman–Crippen MR) is 88.1 cm³/mol. The fourth-order valence-electron chi connectivity index (χ4n) is 3.74. The molecule has 4 atom stereocenters. The van der Waals surface area contributed by atoms with Gasteiger partial charge in [-0.3, -0.25) is 9.59 Å². The van der Waals surface area contributed by atoms with Gasteiger partial charge in [-0.05, 0) is 19.1 Å². The number of carbonyl (C=O) groups is 3. The van der Waals surface area contributed by atoms with Crippen LogP contribution >= 0.6 is 0 Å². The van der Waals surface area contributed by atoms with Gasteiger partial charge in [0.25, 0.3) is 11.8 Å². The lowest BCUT2D eigenvalue weighted by Gasteiger charge is -2.15. The van der Waals surface area contributed by atoms with Crippen molar-refractivity contribution in [2.75, 3.05) is 0 Å². The minimum Gasteiger partial charge on any atom is -0.365 e. The monoisotopic (exact) mass is 366 g/mol. The fraction of sp³-hybridized carbons (Fsp3) is 0.278. The van der Waals surface area contributed by atoms with E-state index in [0.29, 0.717) is 16.4 Å². The number of imide groups is 1. The molecule has 0 N–H and O–H groups in total. The normalized spacial score (nSPS) is 28.1. The van der Waals surface area contributed by atoms with Crippen LogP contribution in [0.3, 0.4) is 0 Å². The zero-order valence-electron chi connectivity index (χ0n) is 14.2. The molecule has 0 saturated carbocycles. The zero-order chi connectivity index (χ0) is 18.7. The van der Waals surface area contributed by atoms with E-state index in [1.807, 2.05) is 18.2 Å². The highest BCUT2D eigenvalue weighted by molar-refractivity contribution is 6.07. The molecule has 3 aliphatic heterocycles. The summed E-state index contributed by atoms with van der Waals surface area (Å²) in [6.07, 6.45) is 2.64. The van der Waals surface area contributed by atoms with Crippen molar-refractivity contribution in [1.82, 2.24) is 20.1 Å². The van der Waals surface area contributed by atoms with E-state index in [9.17, 15) is 14.4 Å². The second kappa shape index (κ2) is 5.58. The lowest BCUT2D eigenvalue weighted by molar-refractivity contribution is -0.177. The molecule has 136 valence electrons. The zero-order valence-corrected chi connectivity index (χ0v) is 14.2. The minimum absolute atomic E-state index is 0.0612. The lowest BCUT2D eigenvalue weighted by atomic mass is 9.85. The van der Waals surface area contributed by atoms with Crippen molar-refractivity contribution in [3.8, 4) is 5.69 Å². The molecule has 9 heteroatoms. The number of hydrogen-bond acceptors (Lipinski definition) is 7. The smallest absolute Gasteiger partial charge is 0.365 e. The van der Waals surface area contributed by atoms with Crippen LogP contribution in [0.2, 0.25) is 0 Å². The van der Waals surface area contributed by atoms with E-state index in [1.54, 1.807) is 31.2 Å². The van der Waals surface area contributed by atoms with E-state index < -0.39 is 41.8 Å². The van der Waals surface area contributed by atoms with Gasteiger partial charge in [-0.2, -0.15) is 9.90 Å². The molecule has 0 aliphatic carbocycles. The Morgan fingerprint density at radius 2 is 1.67 bits per heavy atom. The van der Waals surface area contributed by atoms with Crippen molar-refractivity contribution >= 4 is 17.8 Å². The molecule has 2 fully saturated rings. The summed E-state index contributed by atoms with van der Waals surface area (Å²) in [4.78, 5) is 44.0. The van der Waals surface area contributed by atoms with Crippen LogP contribution in [-0.2, 0) is 19.2 Å². The third kappa shape index (κ3) is 2.25. The minimum atomic E-state index is -0.905. The second-order valence-electron chi connectivity index (χ2n) is 6.61. The van der Waals surface area contributed by atoms with Gasteiger partial charge < -0.3 is 9.57 Å². The maximum atomic E-state index is 12.5. The average Bonchev–Trinajstić information content (AvgIpc) is 3.43. The molecule has 9 nitrogen and oxygen atoms in total. The first-order valence-electron chi connectivity index (χ1n) is 8.48. The molecule has 2 saturated heterocycles. The van der Waals surface area contributed by atoms with Crippen LogP contribution in [0.25, 0.3) is 5.69 Å². The summed E-state index contributed by atoms with van der Waals surface area (Å²) >= 11 is 0. The first-order valence-corrected chi connectivity index (χ1v) is 8.48. The maximum absolute atomic E-state index is 12.5. The molecule has 2 aromatic rings. The number of para-hydroxylation sites is 1. The number of rotatable bonds is 3. The molecule has 27 heavy (non-hydrogen) atoms. The number of fused-ring (bicyclic) bond motifs is 5. The Bertz CT molecular complexity index is 968. The summed E-state index contributed by atoms with van der Waals surface area (Å²) in [6, 6.07) is 9.05. The highest BCUT2D eigenvalue weighted by Gasteiger charge is 2.62. The molecule has 4 heterocycles. The summed E-state index contributed by atoms with van der Waals surface area (Å²) in [5, 5.41) is 8.87. The van der Waals surface area contributed by atoms with Crippen molar-refractivity contribution in [2.24, 2.45) is 11.8 Å². The van der Waals surface area contributed by atoms with Gasteiger partial charge in [0.15, 0.2) is 5.69 Å². The first-order chi connectivity index (χ1) is 13.0. The lowest BCUT2D eigenvalue weighted by Crippen LogP contribution is -2.36. The number of aryl methyl sites for hydroxylation is 1. The summed E-state index contributed by atoms with van der Waals surface area (Å²) in [5.74, 6) is -3.31. The van der Waals surface area contributed by atoms with E-state index in [4.69, 9.17) is 9.57 Å². The third-order valence-corrected chi connectivity index (χ3v) is 5.01. The van der Waals surface area contributed by atoms with Crippen LogP contribution in [0.4, 0.5) is 0 Å². The van der Waals surface area contributed by atoms with Gasteiger partial charge in [0.2, 0.25) is 0 Å². The van der Waals surface area contributed by atoms with Crippen molar-refractivity contribution in [2.45, 2.75) is 19.1 Å². The molecule has 0 spiro atoms. The van der Waals surface area contributed by atoms with Crippen molar-refractivity contribution in [3.05, 3.63) is 53.9 Å². The van der Waals surface area contributed by atoms with Gasteiger partial charge in [-0.15, -0.1) is 10.2 Å². The van der Waals surface area contributed by atoms with E-state index in [1.165, 1.54) is 4.80 Å². The molecular weight excluding hydrogens is 352 g/mol. The fourth-order valence-corrected chi connectivity index (χ4v) is 3.74. The summed E-state index contributed by atoms with van der Waals surface area (Å²) < 4.78 is 5.54. The van der Waals surface area contributed by atoms with Crippen LogP contribution in [-0.4, -0.2) is 50.0 Å². The third-order valence-electron chi connectivity index (χ3n) is 5.01. The van der Waals surface area contributed by atoms with Crippen LogP contribution in [0.1, 0.15) is 16.2 Å². The highest BCUT2D eigenvalue weighted by Crippen LogP contribution is 2.45. The van der Waals surface area contributed by atoms with E-state index in [-0.39, 0.29) is 5.69 Å². The number of carbonyl (C=O) groups excluding carboxylic acids is 3. The number of hydrogen-bond donors (Lipinski definition) is 0. The number of amides is 2. The summed E-state index contributed by atoms with van der Waals surface area (Å²) in [6.45, 7) is 1.60. The average molecular weight is 366 g/mol. The summed E-state index contributed by atoms with van der Waals surface area (Å²) in [5.41, 5.74) is 0.935. The van der Waals surface area contributed by atoms with Crippen molar-refractivity contribution in [3.63, 3.8) is 0 Å². The Balaban J connectivity index is 1.38. The second-order valence-corrected chi connectivity index (χ2v) is 6.61. The Labute approximate surface area is 153 Å². The Kier molecular flexibility index (Phi) is 3.28. The quantitative estimate of drug-likeness (QED) is 0.578. The van der Waals surface area contributed by atoms with Crippen LogP contribution < -0.4 is 0 Å². The van der Waals surface area contributed by atoms with Crippen LogP contribution in [0, 0.1) is 18.8 Å². The molecule has 2 amide bonds. The maximum Gasteiger partial charge on any atom is 0.385 e. The predicted octanol–water partition coefficient (Wildman–Crippen LogP) is 0.586. The topological polar surface area (TPSA) is 104 Å². The molecule has 5 rings (SSSR count). The number of nitrogens with zero attached hydrogens (tertiary/aromatic N) is 4. The molecule has 1 aromatic carbocycles. The molecular formula is C18H14N4O5. The number of hydroxylamine groups is 2. The van der Waals surface area contributed by atoms with Gasteiger partial charge in [-0.25, -0.2) is 4.79 Å². The Morgan fingerprint density at radius 1 is 1.04 bits per heavy atom. The first kappa shape index (κ1) is 15.9. The molecule has 3 aliphatic rings. The van der Waals surface area contributed by atoms with Gasteiger partial charge in [0.1, 0.15) is 0 Å². The number of aromatic nitrogens is 3. The SMILES string of the molecule is Cc1nn(-c2ccccc2)nc1C(=O)ON1C(=O)[C@@H]2[C@@H](C1=O)[C@H]1C=C[C@H]2O1. The summed E-state index contributed by atoms with van der Waals surface area (Å²) in [7, 11) is 0. The van der Waals surface area contributed by atoms with Crippen molar-refractivity contribution < 1.29 is 24.0 Å².